The van der Waals surface area contributed by atoms with E-state index in [1.807, 2.05) is 0 Å². The van der Waals surface area contributed by atoms with Gasteiger partial charge in [-0.1, -0.05) is 13.8 Å². The van der Waals surface area contributed by atoms with Crippen LogP contribution in [0.25, 0.3) is 0 Å². The molecular weight excluding hydrogens is 154 g/mol. The van der Waals surface area contributed by atoms with E-state index in [4.69, 9.17) is 15.6 Å². The van der Waals surface area contributed by atoms with E-state index in [1.165, 1.54) is 0 Å². The number of hydrogen-bond acceptors (Lipinski definition) is 3. The van der Waals surface area contributed by atoms with Gasteiger partial charge in [0, 0.05) is 19.3 Å². The zero-order valence-corrected chi connectivity index (χ0v) is 8.12. The molecule has 74 valence electrons. The quantitative estimate of drug-likeness (QED) is 0.562. The maximum atomic E-state index is 8.60. The summed E-state index contributed by atoms with van der Waals surface area (Å²) in [5, 5.41) is 8.60. The summed E-state index contributed by atoms with van der Waals surface area (Å²) in [5.74, 6) is 0.691. The third-order valence-electron chi connectivity index (χ3n) is 1.71. The van der Waals surface area contributed by atoms with Crippen molar-refractivity contribution in [3.63, 3.8) is 0 Å². The molecule has 1 atom stereocenters. The number of rotatable bonds is 7. The van der Waals surface area contributed by atoms with Crippen molar-refractivity contribution < 1.29 is 9.84 Å². The highest BCUT2D eigenvalue weighted by molar-refractivity contribution is 4.57. The van der Waals surface area contributed by atoms with E-state index in [0.29, 0.717) is 12.5 Å². The molecule has 0 spiro atoms. The molecule has 0 saturated heterocycles. The second-order valence-corrected chi connectivity index (χ2v) is 3.53. The van der Waals surface area contributed by atoms with Gasteiger partial charge in [-0.3, -0.25) is 0 Å². The Morgan fingerprint density at radius 3 is 2.33 bits per heavy atom. The van der Waals surface area contributed by atoms with Gasteiger partial charge in [0.1, 0.15) is 0 Å². The predicted octanol–water partition coefficient (Wildman–Crippen LogP) is 0.759. The van der Waals surface area contributed by atoms with Gasteiger partial charge in [0.15, 0.2) is 0 Å². The first-order valence-corrected chi connectivity index (χ1v) is 4.61. The molecule has 0 radical (unpaired) electrons. The molecule has 0 rings (SSSR count). The first kappa shape index (κ1) is 11.9. The van der Waals surface area contributed by atoms with Gasteiger partial charge in [0.25, 0.3) is 0 Å². The van der Waals surface area contributed by atoms with Crippen LogP contribution in [0, 0.1) is 5.92 Å². The topological polar surface area (TPSA) is 55.5 Å². The molecule has 3 heteroatoms. The van der Waals surface area contributed by atoms with Crippen LogP contribution < -0.4 is 5.73 Å². The molecule has 12 heavy (non-hydrogen) atoms. The van der Waals surface area contributed by atoms with Gasteiger partial charge in [-0.15, -0.1) is 0 Å². The second kappa shape index (κ2) is 7.53. The molecule has 0 amide bonds. The molecule has 0 fully saturated rings. The lowest BCUT2D eigenvalue weighted by Gasteiger charge is -2.09. The van der Waals surface area contributed by atoms with Crippen molar-refractivity contribution in [3.05, 3.63) is 0 Å². The van der Waals surface area contributed by atoms with Crippen LogP contribution in [0.15, 0.2) is 0 Å². The number of ether oxygens (including phenoxy) is 1. The summed E-state index contributed by atoms with van der Waals surface area (Å²) in [7, 11) is 0. The lowest BCUT2D eigenvalue weighted by atomic mass is 10.1. The fourth-order valence-corrected chi connectivity index (χ4v) is 0.747. The highest BCUT2D eigenvalue weighted by Crippen LogP contribution is 1.99. The molecule has 0 aliphatic rings. The Bertz CT molecular complexity index is 96.5. The van der Waals surface area contributed by atoms with Crippen LogP contribution in [0.3, 0.4) is 0 Å². The molecule has 0 aliphatic heterocycles. The lowest BCUT2D eigenvalue weighted by molar-refractivity contribution is 0.110. The van der Waals surface area contributed by atoms with E-state index in [0.717, 1.165) is 19.4 Å². The first-order valence-electron chi connectivity index (χ1n) is 4.61. The summed E-state index contributed by atoms with van der Waals surface area (Å²) >= 11 is 0. The molecule has 3 nitrogen and oxygen atoms in total. The third kappa shape index (κ3) is 7.98. The van der Waals surface area contributed by atoms with Crippen molar-refractivity contribution in [2.75, 3.05) is 19.8 Å². The highest BCUT2D eigenvalue weighted by atomic mass is 16.5. The smallest absolute Gasteiger partial charge is 0.0583 e. The van der Waals surface area contributed by atoms with E-state index >= 15 is 0 Å². The molecule has 0 saturated carbocycles. The van der Waals surface area contributed by atoms with Crippen molar-refractivity contribution in [3.8, 4) is 0 Å². The number of nitrogens with two attached hydrogens (primary N) is 1. The minimum absolute atomic E-state index is 0.0491. The third-order valence-corrected chi connectivity index (χ3v) is 1.71. The van der Waals surface area contributed by atoms with Crippen molar-refractivity contribution in [2.45, 2.75) is 32.7 Å². The van der Waals surface area contributed by atoms with Gasteiger partial charge < -0.3 is 15.6 Å². The largest absolute Gasteiger partial charge is 0.395 e. The van der Waals surface area contributed by atoms with Crippen molar-refractivity contribution in [2.24, 2.45) is 11.7 Å². The summed E-state index contributed by atoms with van der Waals surface area (Å²) in [6.07, 6.45) is 1.84. The van der Waals surface area contributed by atoms with E-state index < -0.39 is 0 Å². The average molecular weight is 175 g/mol. The van der Waals surface area contributed by atoms with Crippen LogP contribution in [-0.4, -0.2) is 31.0 Å². The van der Waals surface area contributed by atoms with E-state index in [-0.39, 0.29) is 12.6 Å². The number of aliphatic hydroxyl groups is 1. The Hall–Kier alpha value is -0.120. The van der Waals surface area contributed by atoms with Gasteiger partial charge in [0.2, 0.25) is 0 Å². The highest BCUT2D eigenvalue weighted by Gasteiger charge is 1.99. The normalized spacial score (nSPS) is 13.8. The lowest BCUT2D eigenvalue weighted by Crippen LogP contribution is -2.26. The van der Waals surface area contributed by atoms with E-state index in [9.17, 15) is 0 Å². The van der Waals surface area contributed by atoms with Crippen LogP contribution in [0.2, 0.25) is 0 Å². The SMILES string of the molecule is CC(C)CCOCCC(N)CO. The van der Waals surface area contributed by atoms with Crippen LogP contribution >= 0.6 is 0 Å². The van der Waals surface area contributed by atoms with E-state index in [2.05, 4.69) is 13.8 Å². The fourth-order valence-electron chi connectivity index (χ4n) is 0.747. The average Bonchev–Trinajstić information content (AvgIpc) is 2.03. The molecule has 0 aromatic carbocycles. The minimum Gasteiger partial charge on any atom is -0.395 e. The molecule has 0 aromatic rings. The van der Waals surface area contributed by atoms with Gasteiger partial charge in [-0.25, -0.2) is 0 Å². The van der Waals surface area contributed by atoms with Crippen LogP contribution in [0.4, 0.5) is 0 Å². The molecule has 0 aliphatic carbocycles. The van der Waals surface area contributed by atoms with Crippen molar-refractivity contribution >= 4 is 0 Å². The van der Waals surface area contributed by atoms with Crippen LogP contribution in [0.1, 0.15) is 26.7 Å². The number of aliphatic hydroxyl groups excluding tert-OH is 1. The zero-order chi connectivity index (χ0) is 9.40. The Balaban J connectivity index is 3.00. The van der Waals surface area contributed by atoms with E-state index in [1.54, 1.807) is 0 Å². The molecular formula is C9H21NO2. The Kier molecular flexibility index (Phi) is 7.45. The van der Waals surface area contributed by atoms with Gasteiger partial charge in [0.05, 0.1) is 6.61 Å². The maximum absolute atomic E-state index is 8.60. The van der Waals surface area contributed by atoms with Crippen molar-refractivity contribution in [1.82, 2.24) is 0 Å². The predicted molar refractivity (Wildman–Crippen MR) is 50.0 cm³/mol. The molecule has 0 aromatic heterocycles. The van der Waals surface area contributed by atoms with Gasteiger partial charge in [-0.05, 0) is 18.8 Å². The Morgan fingerprint density at radius 2 is 1.83 bits per heavy atom. The van der Waals surface area contributed by atoms with Gasteiger partial charge in [-0.2, -0.15) is 0 Å². The summed E-state index contributed by atoms with van der Waals surface area (Å²) in [6.45, 7) is 5.85. The first-order chi connectivity index (χ1) is 5.66. The Morgan fingerprint density at radius 1 is 1.25 bits per heavy atom. The number of hydrogen-bond donors (Lipinski definition) is 2. The summed E-state index contributed by atoms with van der Waals surface area (Å²) in [5.41, 5.74) is 5.48. The second-order valence-electron chi connectivity index (χ2n) is 3.53. The summed E-state index contributed by atoms with van der Waals surface area (Å²) in [6, 6.07) is -0.121. The molecule has 1 unspecified atom stereocenters. The molecule has 0 heterocycles. The zero-order valence-electron chi connectivity index (χ0n) is 8.12. The molecule has 0 bridgehead atoms. The minimum atomic E-state index is -0.121. The van der Waals surface area contributed by atoms with Crippen LogP contribution in [0.5, 0.6) is 0 Å². The standard InChI is InChI=1S/C9H21NO2/c1-8(2)3-5-12-6-4-9(10)7-11/h8-9,11H,3-7,10H2,1-2H3. The van der Waals surface area contributed by atoms with Crippen molar-refractivity contribution in [1.29, 1.82) is 0 Å². The van der Waals surface area contributed by atoms with Crippen LogP contribution in [-0.2, 0) is 4.74 Å². The summed E-state index contributed by atoms with van der Waals surface area (Å²) in [4.78, 5) is 0. The molecule has 3 N–H and O–H groups in total. The maximum Gasteiger partial charge on any atom is 0.0583 e. The fraction of sp³-hybridized carbons (Fsp3) is 1.00. The monoisotopic (exact) mass is 175 g/mol. The Labute approximate surface area is 74.9 Å². The summed E-state index contributed by atoms with van der Waals surface area (Å²) < 4.78 is 5.33. The van der Waals surface area contributed by atoms with Gasteiger partial charge >= 0.3 is 0 Å².